The summed E-state index contributed by atoms with van der Waals surface area (Å²) in [5, 5.41) is 18.1. The number of carbonyl (C=O) groups excluding carboxylic acids is 1. The van der Waals surface area contributed by atoms with Crippen molar-refractivity contribution in [2.45, 2.75) is 51.0 Å². The molecule has 128 valence electrons. The maximum atomic E-state index is 12.2. The van der Waals surface area contributed by atoms with Gasteiger partial charge in [-0.3, -0.25) is 9.48 Å². The first-order valence-electron chi connectivity index (χ1n) is 8.48. The summed E-state index contributed by atoms with van der Waals surface area (Å²) in [5.74, 6) is -1.01. The van der Waals surface area contributed by atoms with Gasteiger partial charge in [-0.05, 0) is 25.0 Å². The van der Waals surface area contributed by atoms with Gasteiger partial charge in [-0.1, -0.05) is 26.2 Å². The maximum absolute atomic E-state index is 12.2. The van der Waals surface area contributed by atoms with Crippen LogP contribution in [0.1, 0.15) is 61.4 Å². The van der Waals surface area contributed by atoms with E-state index in [9.17, 15) is 14.7 Å². The molecule has 0 radical (unpaired) electrons. The molecule has 1 heterocycles. The molecule has 0 bridgehead atoms. The molecule has 0 atom stereocenters. The van der Waals surface area contributed by atoms with Crippen molar-refractivity contribution in [3.63, 3.8) is 0 Å². The molecule has 0 aliphatic heterocycles. The van der Waals surface area contributed by atoms with Crippen molar-refractivity contribution in [3.8, 4) is 0 Å². The number of aromatic carboxylic acids is 1. The summed E-state index contributed by atoms with van der Waals surface area (Å²) in [6.07, 6.45) is 6.80. The van der Waals surface area contributed by atoms with Gasteiger partial charge in [-0.2, -0.15) is 5.10 Å². The lowest BCUT2D eigenvalue weighted by molar-refractivity contribution is -0.123. The largest absolute Gasteiger partial charge is 0.478 e. The number of nitrogens with zero attached hydrogens (tertiary/aromatic N) is 2. The summed E-state index contributed by atoms with van der Waals surface area (Å²) in [7, 11) is 1.82. The second-order valence-electron chi connectivity index (χ2n) is 6.57. The van der Waals surface area contributed by atoms with Gasteiger partial charge in [0.25, 0.3) is 0 Å². The Kier molecular flexibility index (Phi) is 4.30. The number of carbonyl (C=O) groups is 2. The normalized spacial score (nSPS) is 16.9. The molecule has 1 aromatic carbocycles. The number of hydrogen-bond acceptors (Lipinski definition) is 3. The average Bonchev–Trinajstić information content (AvgIpc) is 2.94. The molecule has 1 fully saturated rings. The lowest BCUT2D eigenvalue weighted by Crippen LogP contribution is -2.48. The smallest absolute Gasteiger partial charge is 0.336 e. The molecule has 0 spiro atoms. The number of aromatic nitrogens is 2. The Morgan fingerprint density at radius 2 is 2.00 bits per heavy atom. The first kappa shape index (κ1) is 16.5. The number of fused-ring (bicyclic) bond motifs is 1. The molecule has 1 aliphatic rings. The second-order valence-corrected chi connectivity index (χ2v) is 6.57. The van der Waals surface area contributed by atoms with Crippen LogP contribution in [0.3, 0.4) is 0 Å². The van der Waals surface area contributed by atoms with Crippen molar-refractivity contribution in [2.24, 2.45) is 7.05 Å². The maximum Gasteiger partial charge on any atom is 0.336 e. The topological polar surface area (TPSA) is 84.2 Å². The van der Waals surface area contributed by atoms with Gasteiger partial charge in [0.05, 0.1) is 16.6 Å². The van der Waals surface area contributed by atoms with E-state index in [-0.39, 0.29) is 11.5 Å². The van der Waals surface area contributed by atoms with Gasteiger partial charge in [0.1, 0.15) is 0 Å². The van der Waals surface area contributed by atoms with Gasteiger partial charge >= 0.3 is 5.97 Å². The fourth-order valence-corrected chi connectivity index (χ4v) is 3.85. The number of carboxylic acid groups (broad SMARTS) is 1. The van der Waals surface area contributed by atoms with Gasteiger partial charge < -0.3 is 10.4 Å². The number of benzene rings is 1. The minimum absolute atomic E-state index is 0.0471. The first-order chi connectivity index (χ1) is 11.5. The van der Waals surface area contributed by atoms with E-state index in [0.29, 0.717) is 12.0 Å². The molecule has 1 amide bonds. The minimum Gasteiger partial charge on any atom is -0.478 e. The van der Waals surface area contributed by atoms with Gasteiger partial charge in [0.2, 0.25) is 5.91 Å². The van der Waals surface area contributed by atoms with Crippen molar-refractivity contribution in [1.29, 1.82) is 0 Å². The molecule has 2 N–H and O–H groups in total. The van der Waals surface area contributed by atoms with Crippen LogP contribution in [0.5, 0.6) is 0 Å². The van der Waals surface area contributed by atoms with Crippen LogP contribution in [-0.4, -0.2) is 26.8 Å². The molecule has 1 aliphatic carbocycles. The third kappa shape index (κ3) is 2.77. The zero-order valence-corrected chi connectivity index (χ0v) is 14.1. The third-order valence-electron chi connectivity index (χ3n) is 4.92. The van der Waals surface area contributed by atoms with E-state index in [2.05, 4.69) is 10.4 Å². The SMILES string of the molecule is CCC(=O)NC1(c2c(C(=O)O)ccc3nn(C)cc23)CCCCC1. The highest BCUT2D eigenvalue weighted by atomic mass is 16.4. The Morgan fingerprint density at radius 3 is 2.62 bits per heavy atom. The van der Waals surface area contributed by atoms with Crippen LogP contribution in [0, 0.1) is 0 Å². The Morgan fingerprint density at radius 1 is 1.29 bits per heavy atom. The lowest BCUT2D eigenvalue weighted by Gasteiger charge is -2.39. The number of aryl methyl sites for hydroxylation is 1. The average molecular weight is 329 g/mol. The van der Waals surface area contributed by atoms with Crippen molar-refractivity contribution >= 4 is 22.8 Å². The lowest BCUT2D eigenvalue weighted by atomic mass is 9.73. The molecule has 24 heavy (non-hydrogen) atoms. The molecular formula is C18H23N3O3. The molecule has 3 rings (SSSR count). The van der Waals surface area contributed by atoms with E-state index in [1.807, 2.05) is 20.2 Å². The summed E-state index contributed by atoms with van der Waals surface area (Å²) in [6.45, 7) is 1.81. The van der Waals surface area contributed by atoms with E-state index >= 15 is 0 Å². The Hall–Kier alpha value is -2.37. The van der Waals surface area contributed by atoms with Crippen LogP contribution >= 0.6 is 0 Å². The molecule has 1 saturated carbocycles. The standard InChI is InChI=1S/C18H23N3O3/c1-3-15(22)19-18(9-5-4-6-10-18)16-12(17(23)24)7-8-14-13(16)11-21(2)20-14/h7-8,11H,3-6,9-10H2,1-2H3,(H,19,22)(H,23,24). The van der Waals surface area contributed by atoms with Gasteiger partial charge in [-0.25, -0.2) is 4.79 Å². The van der Waals surface area contributed by atoms with Gasteiger partial charge in [-0.15, -0.1) is 0 Å². The number of carboxylic acids is 1. The zero-order valence-electron chi connectivity index (χ0n) is 14.1. The predicted octanol–water partition coefficient (Wildman–Crippen LogP) is 2.96. The molecule has 1 aromatic heterocycles. The Bertz CT molecular complexity index is 788. The van der Waals surface area contributed by atoms with Crippen LogP contribution in [-0.2, 0) is 17.4 Å². The van der Waals surface area contributed by atoms with Crippen LogP contribution in [0.2, 0.25) is 0 Å². The van der Waals surface area contributed by atoms with Gasteiger partial charge in [0.15, 0.2) is 0 Å². The number of nitrogens with one attached hydrogen (secondary N) is 1. The first-order valence-corrected chi connectivity index (χ1v) is 8.48. The molecule has 0 unspecified atom stereocenters. The molecule has 6 nitrogen and oxygen atoms in total. The quantitative estimate of drug-likeness (QED) is 0.903. The highest BCUT2D eigenvalue weighted by Gasteiger charge is 2.39. The predicted molar refractivity (Wildman–Crippen MR) is 90.9 cm³/mol. The van der Waals surface area contributed by atoms with Crippen molar-refractivity contribution < 1.29 is 14.7 Å². The highest BCUT2D eigenvalue weighted by Crippen LogP contribution is 2.42. The third-order valence-corrected chi connectivity index (χ3v) is 4.92. The fourth-order valence-electron chi connectivity index (χ4n) is 3.85. The van der Waals surface area contributed by atoms with E-state index in [4.69, 9.17) is 0 Å². The zero-order chi connectivity index (χ0) is 17.3. The molecule has 2 aromatic rings. The van der Waals surface area contributed by atoms with Crippen molar-refractivity contribution in [3.05, 3.63) is 29.5 Å². The Labute approximate surface area is 140 Å². The monoisotopic (exact) mass is 329 g/mol. The van der Waals surface area contributed by atoms with Crippen LogP contribution < -0.4 is 5.32 Å². The van der Waals surface area contributed by atoms with Crippen LogP contribution in [0.15, 0.2) is 18.3 Å². The number of amides is 1. The summed E-state index contributed by atoms with van der Waals surface area (Å²) in [5.41, 5.74) is 1.10. The molecule has 0 saturated heterocycles. The summed E-state index contributed by atoms with van der Waals surface area (Å²) in [6, 6.07) is 3.35. The summed E-state index contributed by atoms with van der Waals surface area (Å²) < 4.78 is 1.69. The summed E-state index contributed by atoms with van der Waals surface area (Å²) in [4.78, 5) is 24.1. The van der Waals surface area contributed by atoms with E-state index in [1.54, 1.807) is 16.8 Å². The molecular weight excluding hydrogens is 306 g/mol. The van der Waals surface area contributed by atoms with Crippen LogP contribution in [0.25, 0.3) is 10.9 Å². The molecule has 6 heteroatoms. The van der Waals surface area contributed by atoms with Crippen molar-refractivity contribution in [2.75, 3.05) is 0 Å². The van der Waals surface area contributed by atoms with Gasteiger partial charge in [0, 0.05) is 30.6 Å². The Balaban J connectivity index is 2.27. The van der Waals surface area contributed by atoms with Crippen LogP contribution in [0.4, 0.5) is 0 Å². The highest BCUT2D eigenvalue weighted by molar-refractivity contribution is 5.98. The van der Waals surface area contributed by atoms with E-state index < -0.39 is 11.5 Å². The van der Waals surface area contributed by atoms with E-state index in [1.165, 1.54) is 0 Å². The number of rotatable bonds is 4. The van der Waals surface area contributed by atoms with Crippen molar-refractivity contribution in [1.82, 2.24) is 15.1 Å². The minimum atomic E-state index is -0.966. The van der Waals surface area contributed by atoms with E-state index in [0.717, 1.165) is 43.0 Å². The second kappa shape index (κ2) is 6.26. The fraction of sp³-hybridized carbons (Fsp3) is 0.500. The number of hydrogen-bond donors (Lipinski definition) is 2. The summed E-state index contributed by atoms with van der Waals surface area (Å²) >= 11 is 0.